The molecule has 0 spiro atoms. The Bertz CT molecular complexity index is 99.3. The summed E-state index contributed by atoms with van der Waals surface area (Å²) in [5.41, 5.74) is 0. The van der Waals surface area contributed by atoms with Gasteiger partial charge in [-0.1, -0.05) is 26.7 Å². The van der Waals surface area contributed by atoms with Crippen LogP contribution in [0.15, 0.2) is 0 Å². The van der Waals surface area contributed by atoms with Crippen molar-refractivity contribution >= 4 is 0 Å². The van der Waals surface area contributed by atoms with Gasteiger partial charge in [-0.2, -0.15) is 0 Å². The molecule has 0 aliphatic rings. The summed E-state index contributed by atoms with van der Waals surface area (Å²) in [6, 6.07) is 0. The van der Waals surface area contributed by atoms with Crippen LogP contribution in [0.25, 0.3) is 0 Å². The lowest BCUT2D eigenvalue weighted by Gasteiger charge is -2.09. The van der Waals surface area contributed by atoms with Crippen LogP contribution in [-0.2, 0) is 9.47 Å². The van der Waals surface area contributed by atoms with E-state index in [2.05, 4.69) is 13.8 Å². The summed E-state index contributed by atoms with van der Waals surface area (Å²) in [7, 11) is 0. The fourth-order valence-electron chi connectivity index (χ4n) is 1.14. The lowest BCUT2D eigenvalue weighted by atomic mass is 10.3. The molecule has 0 atom stereocenters. The van der Waals surface area contributed by atoms with E-state index in [-0.39, 0.29) is 0 Å². The van der Waals surface area contributed by atoms with Crippen LogP contribution in [0, 0.1) is 0 Å². The van der Waals surface area contributed by atoms with E-state index < -0.39 is 0 Å². The van der Waals surface area contributed by atoms with Crippen LogP contribution in [0.5, 0.6) is 0 Å². The summed E-state index contributed by atoms with van der Waals surface area (Å²) < 4.78 is 10.6. The number of rotatable bonds is 8. The van der Waals surface area contributed by atoms with Gasteiger partial charge in [-0.15, -0.1) is 0 Å². The monoisotopic (exact) mass is 232 g/mol. The average Bonchev–Trinajstić information content (AvgIpc) is 2.16. The van der Waals surface area contributed by atoms with E-state index in [4.69, 9.17) is 9.47 Å². The predicted octanol–water partition coefficient (Wildman–Crippen LogP) is 4.42. The molecule has 0 aromatic rings. The Morgan fingerprint density at radius 2 is 1.12 bits per heavy atom. The SMILES string of the molecule is CC(C)OC(C)C.CCCCOCCCC. The Balaban J connectivity index is 0. The van der Waals surface area contributed by atoms with E-state index in [0.717, 1.165) is 13.2 Å². The normalized spacial score (nSPS) is 10.5. The van der Waals surface area contributed by atoms with Crippen molar-refractivity contribution in [3.05, 3.63) is 0 Å². The molecule has 0 heterocycles. The Kier molecular flexibility index (Phi) is 17.1. The molecule has 0 aromatic carbocycles. The number of hydrogen-bond donors (Lipinski definition) is 0. The molecule has 0 aliphatic carbocycles. The highest BCUT2D eigenvalue weighted by molar-refractivity contribution is 4.40. The van der Waals surface area contributed by atoms with Gasteiger partial charge in [0.2, 0.25) is 0 Å². The number of unbranched alkanes of at least 4 members (excludes halogenated alkanes) is 2. The fraction of sp³-hybridized carbons (Fsp3) is 1.00. The van der Waals surface area contributed by atoms with Crippen molar-refractivity contribution in [2.45, 2.75) is 79.4 Å². The van der Waals surface area contributed by atoms with Crippen LogP contribution in [0.4, 0.5) is 0 Å². The summed E-state index contributed by atoms with van der Waals surface area (Å²) in [4.78, 5) is 0. The highest BCUT2D eigenvalue weighted by atomic mass is 16.5. The first kappa shape index (κ1) is 18.3. The van der Waals surface area contributed by atoms with E-state index in [0.29, 0.717) is 12.2 Å². The number of ether oxygens (including phenoxy) is 2. The largest absolute Gasteiger partial charge is 0.381 e. The van der Waals surface area contributed by atoms with Crippen molar-refractivity contribution in [3.8, 4) is 0 Å². The molecular weight excluding hydrogens is 200 g/mol. The molecule has 100 valence electrons. The Morgan fingerprint density at radius 1 is 0.750 bits per heavy atom. The second-order valence-corrected chi connectivity index (χ2v) is 4.55. The molecule has 0 unspecified atom stereocenters. The Hall–Kier alpha value is -0.0800. The first-order valence-corrected chi connectivity index (χ1v) is 6.77. The van der Waals surface area contributed by atoms with Gasteiger partial charge in [-0.3, -0.25) is 0 Å². The van der Waals surface area contributed by atoms with Crippen LogP contribution in [0.1, 0.15) is 67.2 Å². The lowest BCUT2D eigenvalue weighted by Crippen LogP contribution is -2.09. The van der Waals surface area contributed by atoms with E-state index in [1.54, 1.807) is 0 Å². The minimum absolute atomic E-state index is 0.375. The summed E-state index contributed by atoms with van der Waals surface area (Å²) in [6.45, 7) is 14.4. The van der Waals surface area contributed by atoms with Crippen molar-refractivity contribution in [3.63, 3.8) is 0 Å². The molecule has 0 aromatic heterocycles. The van der Waals surface area contributed by atoms with Crippen molar-refractivity contribution in [1.29, 1.82) is 0 Å². The third-order valence-corrected chi connectivity index (χ3v) is 1.83. The van der Waals surface area contributed by atoms with Gasteiger partial charge in [0, 0.05) is 13.2 Å². The van der Waals surface area contributed by atoms with Gasteiger partial charge in [0.1, 0.15) is 0 Å². The summed E-state index contributed by atoms with van der Waals surface area (Å²) in [5, 5.41) is 0. The van der Waals surface area contributed by atoms with Crippen molar-refractivity contribution in [1.82, 2.24) is 0 Å². The molecule has 0 amide bonds. The molecule has 0 radical (unpaired) electrons. The summed E-state index contributed by atoms with van der Waals surface area (Å²) in [5.74, 6) is 0. The minimum atomic E-state index is 0.375. The first-order chi connectivity index (χ1) is 7.54. The molecule has 16 heavy (non-hydrogen) atoms. The summed E-state index contributed by atoms with van der Waals surface area (Å²) >= 11 is 0. The lowest BCUT2D eigenvalue weighted by molar-refractivity contribution is 0.0300. The molecule has 0 rings (SSSR count). The molecule has 0 aliphatic heterocycles. The second-order valence-electron chi connectivity index (χ2n) is 4.55. The van der Waals surface area contributed by atoms with Crippen LogP contribution in [-0.4, -0.2) is 25.4 Å². The maximum absolute atomic E-state index is 5.31. The molecule has 0 N–H and O–H groups in total. The average molecular weight is 232 g/mol. The van der Waals surface area contributed by atoms with Crippen LogP contribution in [0.3, 0.4) is 0 Å². The number of hydrogen-bond acceptors (Lipinski definition) is 2. The highest BCUT2D eigenvalue weighted by Gasteiger charge is 1.94. The van der Waals surface area contributed by atoms with Gasteiger partial charge in [-0.05, 0) is 40.5 Å². The zero-order valence-electron chi connectivity index (χ0n) is 12.2. The fourth-order valence-corrected chi connectivity index (χ4v) is 1.14. The maximum Gasteiger partial charge on any atom is 0.0522 e. The summed E-state index contributed by atoms with van der Waals surface area (Å²) in [6.07, 6.45) is 5.66. The molecule has 0 saturated carbocycles. The smallest absolute Gasteiger partial charge is 0.0522 e. The van der Waals surface area contributed by atoms with Crippen molar-refractivity contribution in [2.24, 2.45) is 0 Å². The standard InChI is InChI=1S/C8H18O.C6H14O/c1-3-5-7-9-8-6-4-2;1-5(2)7-6(3)4/h3-8H2,1-2H3;5-6H,1-4H3. The van der Waals surface area contributed by atoms with E-state index >= 15 is 0 Å². The van der Waals surface area contributed by atoms with Gasteiger partial charge in [0.05, 0.1) is 12.2 Å². The molecular formula is C14H32O2. The minimum Gasteiger partial charge on any atom is -0.381 e. The molecule has 0 saturated heterocycles. The van der Waals surface area contributed by atoms with Gasteiger partial charge in [0.25, 0.3) is 0 Å². The van der Waals surface area contributed by atoms with Crippen molar-refractivity contribution in [2.75, 3.05) is 13.2 Å². The zero-order valence-corrected chi connectivity index (χ0v) is 12.2. The maximum atomic E-state index is 5.31. The highest BCUT2D eigenvalue weighted by Crippen LogP contribution is 1.93. The van der Waals surface area contributed by atoms with E-state index in [1.807, 2.05) is 27.7 Å². The quantitative estimate of drug-likeness (QED) is 0.577. The predicted molar refractivity (Wildman–Crippen MR) is 72.0 cm³/mol. The van der Waals surface area contributed by atoms with Gasteiger partial charge >= 0.3 is 0 Å². The molecule has 2 heteroatoms. The second kappa shape index (κ2) is 14.9. The van der Waals surface area contributed by atoms with Gasteiger partial charge in [0.15, 0.2) is 0 Å². The Labute approximate surface area is 103 Å². The first-order valence-electron chi connectivity index (χ1n) is 6.77. The van der Waals surface area contributed by atoms with Crippen molar-refractivity contribution < 1.29 is 9.47 Å². The van der Waals surface area contributed by atoms with Crippen LogP contribution >= 0.6 is 0 Å². The van der Waals surface area contributed by atoms with E-state index in [9.17, 15) is 0 Å². The Morgan fingerprint density at radius 3 is 1.31 bits per heavy atom. The zero-order chi connectivity index (χ0) is 12.8. The molecule has 0 fully saturated rings. The van der Waals surface area contributed by atoms with Gasteiger partial charge in [-0.25, -0.2) is 0 Å². The van der Waals surface area contributed by atoms with Crippen LogP contribution < -0.4 is 0 Å². The van der Waals surface area contributed by atoms with Gasteiger partial charge < -0.3 is 9.47 Å². The van der Waals surface area contributed by atoms with E-state index in [1.165, 1.54) is 25.7 Å². The van der Waals surface area contributed by atoms with Crippen LogP contribution in [0.2, 0.25) is 0 Å². The molecule has 2 nitrogen and oxygen atoms in total. The molecule has 0 bridgehead atoms. The third-order valence-electron chi connectivity index (χ3n) is 1.83. The topological polar surface area (TPSA) is 18.5 Å². The third kappa shape index (κ3) is 23.6.